The predicted molar refractivity (Wildman–Crippen MR) is 366 cm³/mol. The van der Waals surface area contributed by atoms with Gasteiger partial charge in [-0.05, 0) is 156 Å². The monoisotopic (exact) mass is 1110 g/mol. The molecule has 86 heavy (non-hydrogen) atoms. The summed E-state index contributed by atoms with van der Waals surface area (Å²) < 4.78 is 13.9. The van der Waals surface area contributed by atoms with Gasteiger partial charge in [0.2, 0.25) is 0 Å². The lowest BCUT2D eigenvalue weighted by Crippen LogP contribution is -2.14. The molecule has 0 atom stereocenters. The van der Waals surface area contributed by atoms with E-state index >= 15 is 0 Å². The number of rotatable bonds is 14. The van der Waals surface area contributed by atoms with E-state index in [1.807, 2.05) is 18.4 Å². The Morgan fingerprint density at radius 1 is 0.349 bits per heavy atom. The molecule has 0 aliphatic rings. The van der Waals surface area contributed by atoms with Gasteiger partial charge in [-0.15, -0.1) is 0 Å². The zero-order valence-electron chi connectivity index (χ0n) is 48.6. The Hall–Kier alpha value is -10.7. The lowest BCUT2D eigenvalue weighted by Gasteiger charge is -2.32. The van der Waals surface area contributed by atoms with E-state index in [0.717, 1.165) is 128 Å². The third kappa shape index (κ3) is 8.92. The van der Waals surface area contributed by atoms with Crippen LogP contribution >= 0.6 is 0 Å². The molecule has 2 aromatic heterocycles. The second-order valence-electron chi connectivity index (χ2n) is 23.2. The molecule has 0 fully saturated rings. The quantitative estimate of drug-likeness (QED) is 0.0802. The molecule has 13 aromatic carbocycles. The first-order valence-electron chi connectivity index (χ1n) is 29.9. The highest BCUT2D eigenvalue weighted by Gasteiger charge is 2.29. The zero-order valence-corrected chi connectivity index (χ0v) is 48.6. The molecule has 0 aliphatic heterocycles. The molecule has 0 saturated heterocycles. The van der Waals surface area contributed by atoms with E-state index in [2.05, 4.69) is 305 Å². The van der Waals surface area contributed by atoms with Crippen molar-refractivity contribution in [2.24, 2.45) is 0 Å². The molecule has 0 unspecified atom stereocenters. The second-order valence-corrected chi connectivity index (χ2v) is 23.2. The smallest absolute Gasteiger partial charge is 0.159 e. The largest absolute Gasteiger partial charge is 0.461 e. The van der Waals surface area contributed by atoms with Crippen molar-refractivity contribution in [1.29, 1.82) is 0 Å². The maximum absolute atomic E-state index is 7.07. The van der Waals surface area contributed by atoms with Crippen molar-refractivity contribution >= 4 is 105 Å². The Morgan fingerprint density at radius 2 is 0.756 bits per heavy atom. The number of allylic oxidation sites excluding steroid dienone is 2. The Kier molecular flexibility index (Phi) is 13.0. The highest BCUT2D eigenvalue weighted by molar-refractivity contribution is 6.30. The zero-order chi connectivity index (χ0) is 58.0. The highest BCUT2D eigenvalue weighted by Crippen LogP contribution is 2.54. The van der Waals surface area contributed by atoms with Crippen LogP contribution in [-0.2, 0) is 0 Å². The summed E-state index contributed by atoms with van der Waals surface area (Å²) in [7, 11) is 0. The molecule has 0 bridgehead atoms. The minimum atomic E-state index is 0.161. The van der Waals surface area contributed by atoms with Gasteiger partial charge in [-0.2, -0.15) is 0 Å². The van der Waals surface area contributed by atoms with E-state index in [9.17, 15) is 0 Å². The minimum absolute atomic E-state index is 0.161. The fraction of sp³-hybridized carbons (Fsp3) is 0.0732. The van der Waals surface area contributed by atoms with E-state index in [4.69, 9.17) is 8.83 Å². The van der Waals surface area contributed by atoms with Gasteiger partial charge in [0.05, 0.1) is 29.0 Å². The SMILES string of the molecule is C=C/C=C\c1coc2c(N(c3cc(-c4ccccc4)cc(-c4ccccc4)c3)c3cc(C(C)C)c4ccc5c(N(c6cc(-c7ccccc7)cc(-c7ccccc7)c6)c6cccc7c6oc6ccccc67)cc(C(C)C)c6ccc3c4c65)cccc12. The van der Waals surface area contributed by atoms with Crippen molar-refractivity contribution in [2.75, 3.05) is 9.80 Å². The van der Waals surface area contributed by atoms with Crippen LogP contribution < -0.4 is 9.80 Å². The molecule has 4 heteroatoms. The molecular formula is C82H62N2O2. The van der Waals surface area contributed by atoms with Crippen LogP contribution in [0.5, 0.6) is 0 Å². The van der Waals surface area contributed by atoms with Crippen LogP contribution in [0.4, 0.5) is 34.1 Å². The van der Waals surface area contributed by atoms with E-state index in [-0.39, 0.29) is 11.8 Å². The predicted octanol–water partition coefficient (Wildman–Crippen LogP) is 24.3. The van der Waals surface area contributed by atoms with Gasteiger partial charge in [0.1, 0.15) is 5.58 Å². The molecule has 0 amide bonds. The number of furan rings is 2. The summed E-state index contributed by atoms with van der Waals surface area (Å²) in [6, 6.07) is 93.3. The Balaban J connectivity index is 1.07. The number of para-hydroxylation sites is 3. The fourth-order valence-corrected chi connectivity index (χ4v) is 13.3. The summed E-state index contributed by atoms with van der Waals surface area (Å²) in [4.78, 5) is 4.97. The van der Waals surface area contributed by atoms with E-state index in [1.54, 1.807) is 0 Å². The average Bonchev–Trinajstić information content (AvgIpc) is 1.70. The second kappa shape index (κ2) is 21.5. The van der Waals surface area contributed by atoms with Crippen molar-refractivity contribution in [3.8, 4) is 44.5 Å². The molecule has 2 heterocycles. The molecule has 0 N–H and O–H groups in total. The first-order valence-corrected chi connectivity index (χ1v) is 29.9. The first-order chi connectivity index (χ1) is 42.3. The summed E-state index contributed by atoms with van der Waals surface area (Å²) in [6.45, 7) is 13.3. The van der Waals surface area contributed by atoms with Crippen LogP contribution in [0.2, 0.25) is 0 Å². The molecule has 15 rings (SSSR count). The molecule has 15 aromatic rings. The van der Waals surface area contributed by atoms with Crippen molar-refractivity contribution < 1.29 is 8.83 Å². The molecule has 412 valence electrons. The minimum Gasteiger partial charge on any atom is -0.461 e. The van der Waals surface area contributed by atoms with Gasteiger partial charge in [-0.3, -0.25) is 0 Å². The Morgan fingerprint density at radius 3 is 1.21 bits per heavy atom. The van der Waals surface area contributed by atoms with Gasteiger partial charge < -0.3 is 18.6 Å². The van der Waals surface area contributed by atoms with Crippen molar-refractivity contribution in [2.45, 2.75) is 39.5 Å². The summed E-state index contributed by atoms with van der Waals surface area (Å²) in [5, 5.41) is 10.4. The maximum Gasteiger partial charge on any atom is 0.159 e. The van der Waals surface area contributed by atoms with Crippen LogP contribution in [0.3, 0.4) is 0 Å². The topological polar surface area (TPSA) is 32.8 Å². The van der Waals surface area contributed by atoms with Crippen molar-refractivity contribution in [1.82, 2.24) is 0 Å². The van der Waals surface area contributed by atoms with Crippen LogP contribution in [0.1, 0.15) is 56.2 Å². The first kappa shape index (κ1) is 52.1. The lowest BCUT2D eigenvalue weighted by molar-refractivity contribution is 0.615. The molecule has 0 spiro atoms. The van der Waals surface area contributed by atoms with Gasteiger partial charge >= 0.3 is 0 Å². The van der Waals surface area contributed by atoms with Gasteiger partial charge in [-0.25, -0.2) is 0 Å². The fourth-order valence-electron chi connectivity index (χ4n) is 13.3. The summed E-state index contributed by atoms with van der Waals surface area (Å²) >= 11 is 0. The molecule has 0 aliphatic carbocycles. The number of anilines is 6. The molecule has 0 radical (unpaired) electrons. The van der Waals surface area contributed by atoms with Crippen LogP contribution in [-0.4, -0.2) is 0 Å². The number of nitrogens with zero attached hydrogens (tertiary/aromatic N) is 2. The number of hydrogen-bond acceptors (Lipinski definition) is 4. The molecule has 0 saturated carbocycles. The highest BCUT2D eigenvalue weighted by atomic mass is 16.3. The summed E-state index contributed by atoms with van der Waals surface area (Å²) in [6.07, 6.45) is 7.73. The Bertz CT molecular complexity index is 4950. The average molecular weight is 1110 g/mol. The standard InChI is InChI=1S/C82H62N2O2/c1-6-7-24-58-51-85-81-65(58)34-22-36-74(81)83(63-45-59(54-25-12-8-13-26-54)43-60(46-63)55-27-14-9-15-28-55)76-49-72(52(2)3)67-40-42-71-77(50-73(53(4)5)68-39-41-70(76)79(67)80(68)71)84(75-37-23-35-69-66-33-20-21-38-78(66)86-82(69)75)64-47-61(56-29-16-10-17-30-56)44-62(48-64)57-31-18-11-19-32-57/h6-53H,1H2,2-5H3/b24-7-. The molecular weight excluding hydrogens is 1040 g/mol. The van der Waals surface area contributed by atoms with Crippen LogP contribution in [0, 0.1) is 0 Å². The molecule has 4 nitrogen and oxygen atoms in total. The normalized spacial score (nSPS) is 11.9. The number of hydrogen-bond donors (Lipinski definition) is 0. The van der Waals surface area contributed by atoms with E-state index in [1.165, 1.54) is 32.7 Å². The van der Waals surface area contributed by atoms with Crippen LogP contribution in [0.25, 0.3) is 116 Å². The van der Waals surface area contributed by atoms with E-state index in [0.29, 0.717) is 0 Å². The van der Waals surface area contributed by atoms with Gasteiger partial charge in [0.15, 0.2) is 11.2 Å². The van der Waals surface area contributed by atoms with Gasteiger partial charge in [-0.1, -0.05) is 241 Å². The maximum atomic E-state index is 7.07. The summed E-state index contributed by atoms with van der Waals surface area (Å²) in [5.41, 5.74) is 21.1. The number of benzene rings is 13. The van der Waals surface area contributed by atoms with E-state index < -0.39 is 0 Å². The van der Waals surface area contributed by atoms with Crippen molar-refractivity contribution in [3.05, 3.63) is 296 Å². The Labute approximate surface area is 501 Å². The third-order valence-corrected chi connectivity index (χ3v) is 17.3. The van der Waals surface area contributed by atoms with Gasteiger partial charge in [0.25, 0.3) is 0 Å². The van der Waals surface area contributed by atoms with Crippen molar-refractivity contribution in [3.63, 3.8) is 0 Å². The third-order valence-electron chi connectivity index (χ3n) is 17.3. The summed E-state index contributed by atoms with van der Waals surface area (Å²) in [5.74, 6) is 0.324. The van der Waals surface area contributed by atoms with Gasteiger partial charge in [0, 0.05) is 43.9 Å². The lowest BCUT2D eigenvalue weighted by atomic mass is 9.84. The number of fused-ring (bicyclic) bond motifs is 4. The van der Waals surface area contributed by atoms with Crippen LogP contribution in [0.15, 0.2) is 289 Å².